The fraction of sp³-hybridized carbons (Fsp3) is 0.500. The number of aromatic nitrogens is 1. The first-order chi connectivity index (χ1) is 11.4. The van der Waals surface area contributed by atoms with Gasteiger partial charge in [0.05, 0.1) is 24.3 Å². The molecule has 0 aliphatic rings. The van der Waals surface area contributed by atoms with Crippen molar-refractivity contribution < 1.29 is 45.4 Å². The molecule has 0 radical (unpaired) electrons. The molecule has 5 nitrogen and oxygen atoms in total. The van der Waals surface area contributed by atoms with Gasteiger partial charge in [-0.15, -0.1) is 0 Å². The molecule has 0 saturated heterocycles. The fourth-order valence-corrected chi connectivity index (χ4v) is 2.02. The summed E-state index contributed by atoms with van der Waals surface area (Å²) >= 11 is 0. The molecule has 1 aromatic heterocycles. The highest BCUT2D eigenvalue weighted by atomic mass is 19.4. The van der Waals surface area contributed by atoms with E-state index in [1.807, 2.05) is 0 Å². The third-order valence-electron chi connectivity index (χ3n) is 2.94. The van der Waals surface area contributed by atoms with Crippen LogP contribution in [0, 0.1) is 6.92 Å². The second-order valence-corrected chi connectivity index (χ2v) is 4.62. The van der Waals surface area contributed by atoms with Gasteiger partial charge < -0.3 is 9.47 Å². The molecular formula is C14H13F6NO4. The zero-order valence-electron chi connectivity index (χ0n) is 13.3. The molecule has 0 bridgehead atoms. The van der Waals surface area contributed by atoms with Gasteiger partial charge in [0.25, 0.3) is 0 Å². The number of rotatable bonds is 4. The van der Waals surface area contributed by atoms with Crippen LogP contribution in [0.1, 0.15) is 51.5 Å². The van der Waals surface area contributed by atoms with Crippen LogP contribution in [0.5, 0.6) is 0 Å². The van der Waals surface area contributed by atoms with Crippen molar-refractivity contribution in [3.8, 4) is 0 Å². The number of carbonyl (C=O) groups excluding carboxylic acids is 2. The van der Waals surface area contributed by atoms with E-state index in [-0.39, 0.29) is 13.2 Å². The van der Waals surface area contributed by atoms with Crippen LogP contribution in [0.15, 0.2) is 0 Å². The summed E-state index contributed by atoms with van der Waals surface area (Å²) in [5.41, 5.74) is -7.55. The molecule has 0 saturated carbocycles. The molecule has 0 fully saturated rings. The lowest BCUT2D eigenvalue weighted by molar-refractivity contribution is -0.151. The van der Waals surface area contributed by atoms with Crippen molar-refractivity contribution in [2.45, 2.75) is 33.1 Å². The second kappa shape index (κ2) is 7.28. The van der Waals surface area contributed by atoms with E-state index in [2.05, 4.69) is 14.5 Å². The van der Waals surface area contributed by atoms with E-state index in [0.29, 0.717) is 0 Å². The Balaban J connectivity index is 3.92. The van der Waals surface area contributed by atoms with Crippen molar-refractivity contribution in [1.82, 2.24) is 4.98 Å². The predicted octanol–water partition coefficient (Wildman–Crippen LogP) is 3.78. The van der Waals surface area contributed by atoms with Gasteiger partial charge in [0.1, 0.15) is 0 Å². The van der Waals surface area contributed by atoms with Gasteiger partial charge in [-0.3, -0.25) is 0 Å². The highest BCUT2D eigenvalue weighted by Crippen LogP contribution is 2.39. The van der Waals surface area contributed by atoms with Crippen LogP contribution in [0.2, 0.25) is 0 Å². The SMILES string of the molecule is CCOC(=O)c1c(C(F)(F)F)nc(C(F)(F)F)c(C(=O)OCC)c1C. The molecule has 1 aromatic rings. The molecule has 11 heteroatoms. The summed E-state index contributed by atoms with van der Waals surface area (Å²) < 4.78 is 87.7. The van der Waals surface area contributed by atoms with Gasteiger partial charge in [0.2, 0.25) is 0 Å². The summed E-state index contributed by atoms with van der Waals surface area (Å²) in [6, 6.07) is 0. The van der Waals surface area contributed by atoms with Crippen LogP contribution in [0.3, 0.4) is 0 Å². The monoisotopic (exact) mass is 373 g/mol. The standard InChI is InChI=1S/C14H13F6NO4/c1-4-24-11(22)7-6(3)8(12(23)25-5-2)10(14(18,19)20)21-9(7)13(15,16)17/h4-5H2,1-3H3. The lowest BCUT2D eigenvalue weighted by atomic mass is 9.98. The van der Waals surface area contributed by atoms with Crippen molar-refractivity contribution in [2.24, 2.45) is 0 Å². The Bertz CT molecular complexity index is 627. The Labute approximate surface area is 137 Å². The first-order valence-corrected chi connectivity index (χ1v) is 6.89. The van der Waals surface area contributed by atoms with Gasteiger partial charge in [-0.2, -0.15) is 26.3 Å². The zero-order chi connectivity index (χ0) is 19.6. The summed E-state index contributed by atoms with van der Waals surface area (Å²) in [4.78, 5) is 26.2. The number of carbonyl (C=O) groups is 2. The van der Waals surface area contributed by atoms with Crippen molar-refractivity contribution in [3.05, 3.63) is 28.1 Å². The van der Waals surface area contributed by atoms with Crippen molar-refractivity contribution in [3.63, 3.8) is 0 Å². The van der Waals surface area contributed by atoms with E-state index in [1.54, 1.807) is 0 Å². The van der Waals surface area contributed by atoms with E-state index in [1.165, 1.54) is 13.8 Å². The number of pyridine rings is 1. The van der Waals surface area contributed by atoms with Crippen LogP contribution in [-0.4, -0.2) is 30.1 Å². The van der Waals surface area contributed by atoms with Crippen LogP contribution in [0.4, 0.5) is 26.3 Å². The Kier molecular flexibility index (Phi) is 6.03. The third-order valence-corrected chi connectivity index (χ3v) is 2.94. The summed E-state index contributed by atoms with van der Waals surface area (Å²) in [7, 11) is 0. The van der Waals surface area contributed by atoms with E-state index >= 15 is 0 Å². The average molecular weight is 373 g/mol. The molecule has 0 aromatic carbocycles. The van der Waals surface area contributed by atoms with Crippen LogP contribution in [-0.2, 0) is 21.8 Å². The van der Waals surface area contributed by atoms with Gasteiger partial charge in [-0.25, -0.2) is 14.6 Å². The normalized spacial score (nSPS) is 12.0. The van der Waals surface area contributed by atoms with Gasteiger partial charge in [0, 0.05) is 0 Å². The highest BCUT2D eigenvalue weighted by Gasteiger charge is 2.46. The summed E-state index contributed by atoms with van der Waals surface area (Å²) in [5.74, 6) is -3.09. The van der Waals surface area contributed by atoms with Gasteiger partial charge >= 0.3 is 24.3 Å². The number of nitrogens with zero attached hydrogens (tertiary/aromatic N) is 1. The first kappa shape index (κ1) is 20.7. The maximum Gasteiger partial charge on any atom is 0.434 e. The summed E-state index contributed by atoms with van der Waals surface area (Å²) in [6.07, 6.45) is -10.7. The molecule has 0 N–H and O–H groups in total. The molecule has 0 unspecified atom stereocenters. The third kappa shape index (κ3) is 4.40. The molecular weight excluding hydrogens is 360 g/mol. The molecule has 140 valence electrons. The molecule has 1 rings (SSSR count). The van der Waals surface area contributed by atoms with Crippen LogP contribution >= 0.6 is 0 Å². The van der Waals surface area contributed by atoms with Crippen LogP contribution < -0.4 is 0 Å². The fourth-order valence-electron chi connectivity index (χ4n) is 2.02. The number of halogens is 6. The number of hydrogen-bond acceptors (Lipinski definition) is 5. The van der Waals surface area contributed by atoms with Gasteiger partial charge in [0.15, 0.2) is 11.4 Å². The van der Waals surface area contributed by atoms with Crippen LogP contribution in [0.25, 0.3) is 0 Å². The molecule has 0 atom stereocenters. The number of alkyl halides is 6. The second-order valence-electron chi connectivity index (χ2n) is 4.62. The van der Waals surface area contributed by atoms with Gasteiger partial charge in [-0.05, 0) is 26.3 Å². The number of esters is 2. The minimum absolute atomic E-state index is 0.328. The molecule has 25 heavy (non-hydrogen) atoms. The largest absolute Gasteiger partial charge is 0.462 e. The highest BCUT2D eigenvalue weighted by molar-refractivity contribution is 5.99. The quantitative estimate of drug-likeness (QED) is 0.594. The summed E-state index contributed by atoms with van der Waals surface area (Å²) in [6.45, 7) is 2.70. The number of ether oxygens (including phenoxy) is 2. The Morgan fingerprint density at radius 1 is 0.840 bits per heavy atom. The Morgan fingerprint density at radius 3 is 1.40 bits per heavy atom. The smallest absolute Gasteiger partial charge is 0.434 e. The minimum Gasteiger partial charge on any atom is -0.462 e. The van der Waals surface area contributed by atoms with Crippen molar-refractivity contribution in [2.75, 3.05) is 13.2 Å². The van der Waals surface area contributed by atoms with E-state index in [4.69, 9.17) is 0 Å². The van der Waals surface area contributed by atoms with Crippen molar-refractivity contribution >= 4 is 11.9 Å². The number of hydrogen-bond donors (Lipinski definition) is 0. The first-order valence-electron chi connectivity index (χ1n) is 6.89. The Morgan fingerprint density at radius 2 is 1.16 bits per heavy atom. The van der Waals surface area contributed by atoms with Gasteiger partial charge in [-0.1, -0.05) is 0 Å². The minimum atomic E-state index is -5.37. The summed E-state index contributed by atoms with van der Waals surface area (Å²) in [5, 5.41) is 0. The average Bonchev–Trinajstić information content (AvgIpc) is 2.44. The lowest BCUT2D eigenvalue weighted by Gasteiger charge is -2.20. The predicted molar refractivity (Wildman–Crippen MR) is 70.9 cm³/mol. The molecule has 0 aliphatic carbocycles. The van der Waals surface area contributed by atoms with E-state index < -0.39 is 52.4 Å². The van der Waals surface area contributed by atoms with E-state index in [9.17, 15) is 35.9 Å². The lowest BCUT2D eigenvalue weighted by Crippen LogP contribution is -2.27. The topological polar surface area (TPSA) is 65.5 Å². The molecule has 0 spiro atoms. The van der Waals surface area contributed by atoms with Crippen molar-refractivity contribution in [1.29, 1.82) is 0 Å². The maximum absolute atomic E-state index is 13.1. The molecule has 1 heterocycles. The Hall–Kier alpha value is -2.33. The maximum atomic E-state index is 13.1. The zero-order valence-corrected chi connectivity index (χ0v) is 13.3. The van der Waals surface area contributed by atoms with E-state index in [0.717, 1.165) is 6.92 Å². The molecule has 0 aliphatic heterocycles. The molecule has 0 amide bonds.